The molecule has 3 aromatic rings. The van der Waals surface area contributed by atoms with E-state index in [1.165, 1.54) is 24.5 Å². The summed E-state index contributed by atoms with van der Waals surface area (Å²) in [5, 5.41) is 1.09. The van der Waals surface area contributed by atoms with Crippen LogP contribution in [0.4, 0.5) is 0 Å². The molecule has 0 unspecified atom stereocenters. The van der Waals surface area contributed by atoms with Gasteiger partial charge in [-0.15, -0.1) is 0 Å². The number of fused-ring (bicyclic) bond motifs is 1. The standard InChI is InChI=1S/C22H27Cl2N5O2/c1-4-16-7-5-6-10-28(16)13-18-25-20-19(21(30)27(3)22(31)26(20)2)29(18)12-14-8-9-15(23)11-17(14)24/h8-9,11,16H,4-7,10,12-13H2,1-3H3/t16-/m1/s1. The van der Waals surface area contributed by atoms with E-state index in [0.29, 0.717) is 40.3 Å². The molecule has 1 atom stereocenters. The fraction of sp³-hybridized carbons (Fsp3) is 0.500. The van der Waals surface area contributed by atoms with E-state index in [2.05, 4.69) is 11.8 Å². The average Bonchev–Trinajstić information content (AvgIpc) is 3.11. The second-order valence-corrected chi connectivity index (χ2v) is 9.10. The van der Waals surface area contributed by atoms with Gasteiger partial charge in [0.05, 0.1) is 13.1 Å². The van der Waals surface area contributed by atoms with Gasteiger partial charge < -0.3 is 4.57 Å². The highest BCUT2D eigenvalue weighted by Crippen LogP contribution is 2.26. The SMILES string of the molecule is CC[C@@H]1CCCCN1Cc1nc2c(c(=O)n(C)c(=O)n2C)n1Cc1ccc(Cl)cc1Cl. The van der Waals surface area contributed by atoms with E-state index in [4.69, 9.17) is 28.2 Å². The molecule has 0 saturated carbocycles. The maximum absolute atomic E-state index is 13.1. The van der Waals surface area contributed by atoms with Gasteiger partial charge in [-0.3, -0.25) is 18.8 Å². The van der Waals surface area contributed by atoms with Gasteiger partial charge in [0.1, 0.15) is 5.82 Å². The van der Waals surface area contributed by atoms with Gasteiger partial charge in [0.15, 0.2) is 11.2 Å². The van der Waals surface area contributed by atoms with Crippen LogP contribution in [-0.2, 0) is 27.2 Å². The van der Waals surface area contributed by atoms with Crippen LogP contribution in [0.1, 0.15) is 44.0 Å². The Hall–Kier alpha value is -2.09. The number of nitrogens with zero attached hydrogens (tertiary/aromatic N) is 5. The van der Waals surface area contributed by atoms with Gasteiger partial charge in [-0.25, -0.2) is 9.78 Å². The molecule has 166 valence electrons. The van der Waals surface area contributed by atoms with Crippen LogP contribution in [0.2, 0.25) is 10.0 Å². The molecule has 1 fully saturated rings. The van der Waals surface area contributed by atoms with E-state index >= 15 is 0 Å². The first-order valence-corrected chi connectivity index (χ1v) is 11.4. The van der Waals surface area contributed by atoms with Gasteiger partial charge in [-0.05, 0) is 43.5 Å². The summed E-state index contributed by atoms with van der Waals surface area (Å²) >= 11 is 12.5. The third-order valence-electron chi connectivity index (χ3n) is 6.34. The molecule has 0 N–H and O–H groups in total. The highest BCUT2D eigenvalue weighted by Gasteiger charge is 2.25. The first-order chi connectivity index (χ1) is 14.8. The van der Waals surface area contributed by atoms with Crippen LogP contribution in [0.3, 0.4) is 0 Å². The summed E-state index contributed by atoms with van der Waals surface area (Å²) in [6.45, 7) is 4.20. The molecule has 9 heteroatoms. The van der Waals surface area contributed by atoms with Gasteiger partial charge in [0.25, 0.3) is 5.56 Å². The first kappa shape index (κ1) is 22.1. The summed E-state index contributed by atoms with van der Waals surface area (Å²) in [4.78, 5) is 32.8. The van der Waals surface area contributed by atoms with Crippen LogP contribution in [-0.4, -0.2) is 36.2 Å². The predicted molar refractivity (Wildman–Crippen MR) is 124 cm³/mol. The van der Waals surface area contributed by atoms with Crippen molar-refractivity contribution in [3.8, 4) is 0 Å². The van der Waals surface area contributed by atoms with E-state index in [-0.39, 0.29) is 11.2 Å². The highest BCUT2D eigenvalue weighted by atomic mass is 35.5. The molecule has 0 aliphatic carbocycles. The molecule has 31 heavy (non-hydrogen) atoms. The zero-order valence-corrected chi connectivity index (χ0v) is 19.6. The van der Waals surface area contributed by atoms with Gasteiger partial charge in [0, 0.05) is 30.2 Å². The number of likely N-dealkylation sites (tertiary alicyclic amines) is 1. The van der Waals surface area contributed by atoms with Crippen molar-refractivity contribution in [3.05, 3.63) is 60.5 Å². The normalized spacial score (nSPS) is 17.5. The Balaban J connectivity index is 1.89. The second-order valence-electron chi connectivity index (χ2n) is 8.26. The summed E-state index contributed by atoms with van der Waals surface area (Å²) in [5.41, 5.74) is 0.914. The lowest BCUT2D eigenvalue weighted by Gasteiger charge is -2.34. The Kier molecular flexibility index (Phi) is 6.28. The van der Waals surface area contributed by atoms with E-state index in [0.717, 1.165) is 35.3 Å². The minimum absolute atomic E-state index is 0.354. The number of benzene rings is 1. The fourth-order valence-corrected chi connectivity index (χ4v) is 4.98. The summed E-state index contributed by atoms with van der Waals surface area (Å²) in [5.74, 6) is 0.764. The number of piperidine rings is 1. The Morgan fingerprint density at radius 2 is 1.87 bits per heavy atom. The summed E-state index contributed by atoms with van der Waals surface area (Å²) in [6, 6.07) is 5.84. The quantitative estimate of drug-likeness (QED) is 0.580. The minimum atomic E-state index is -0.386. The van der Waals surface area contributed by atoms with Gasteiger partial charge in [0.2, 0.25) is 0 Å². The Bertz CT molecular complexity index is 1240. The summed E-state index contributed by atoms with van der Waals surface area (Å²) in [7, 11) is 3.14. The summed E-state index contributed by atoms with van der Waals surface area (Å²) < 4.78 is 4.48. The smallest absolute Gasteiger partial charge is 0.316 e. The Morgan fingerprint density at radius 3 is 2.58 bits per heavy atom. The molecular weight excluding hydrogens is 437 g/mol. The molecule has 2 aromatic heterocycles. The molecule has 1 aliphatic heterocycles. The first-order valence-electron chi connectivity index (χ1n) is 10.6. The van der Waals surface area contributed by atoms with Gasteiger partial charge in [-0.1, -0.05) is 42.6 Å². The van der Waals surface area contributed by atoms with Crippen molar-refractivity contribution in [2.45, 2.75) is 51.7 Å². The number of hydrogen-bond donors (Lipinski definition) is 0. The molecule has 0 bridgehead atoms. The van der Waals surface area contributed by atoms with Crippen molar-refractivity contribution in [1.29, 1.82) is 0 Å². The molecule has 0 radical (unpaired) electrons. The number of rotatable bonds is 5. The monoisotopic (exact) mass is 463 g/mol. The second kappa shape index (κ2) is 8.81. The van der Waals surface area contributed by atoms with Crippen molar-refractivity contribution in [1.82, 2.24) is 23.6 Å². The molecule has 0 spiro atoms. The van der Waals surface area contributed by atoms with Crippen LogP contribution in [0.15, 0.2) is 27.8 Å². The van der Waals surface area contributed by atoms with E-state index in [1.54, 1.807) is 19.2 Å². The molecule has 1 aliphatic rings. The zero-order chi connectivity index (χ0) is 22.3. The molecule has 1 aromatic carbocycles. The number of aryl methyl sites for hydroxylation is 1. The van der Waals surface area contributed by atoms with Crippen molar-refractivity contribution < 1.29 is 0 Å². The Morgan fingerprint density at radius 1 is 1.10 bits per heavy atom. The maximum Gasteiger partial charge on any atom is 0.332 e. The number of imidazole rings is 1. The molecule has 4 rings (SSSR count). The highest BCUT2D eigenvalue weighted by molar-refractivity contribution is 6.35. The van der Waals surface area contributed by atoms with Crippen LogP contribution in [0, 0.1) is 0 Å². The van der Waals surface area contributed by atoms with E-state index < -0.39 is 0 Å². The predicted octanol–water partition coefficient (Wildman–Crippen LogP) is 3.55. The maximum atomic E-state index is 13.1. The van der Waals surface area contributed by atoms with E-state index in [9.17, 15) is 9.59 Å². The fourth-order valence-electron chi connectivity index (χ4n) is 4.51. The van der Waals surface area contributed by atoms with Crippen molar-refractivity contribution in [2.24, 2.45) is 14.1 Å². The zero-order valence-electron chi connectivity index (χ0n) is 18.1. The molecule has 3 heterocycles. The molecule has 0 amide bonds. The molecule has 7 nitrogen and oxygen atoms in total. The van der Waals surface area contributed by atoms with Crippen molar-refractivity contribution in [2.75, 3.05) is 6.54 Å². The van der Waals surface area contributed by atoms with Crippen molar-refractivity contribution >= 4 is 34.4 Å². The third kappa shape index (κ3) is 4.06. The summed E-state index contributed by atoms with van der Waals surface area (Å²) in [6.07, 6.45) is 4.63. The van der Waals surface area contributed by atoms with E-state index in [1.807, 2.05) is 10.6 Å². The van der Waals surface area contributed by atoms with Crippen LogP contribution < -0.4 is 11.2 Å². The third-order valence-corrected chi connectivity index (χ3v) is 6.92. The molecule has 1 saturated heterocycles. The lowest BCUT2D eigenvalue weighted by molar-refractivity contribution is 0.131. The topological polar surface area (TPSA) is 65.1 Å². The van der Waals surface area contributed by atoms with Crippen LogP contribution in [0.5, 0.6) is 0 Å². The lowest BCUT2D eigenvalue weighted by atomic mass is 10.00. The van der Waals surface area contributed by atoms with Crippen molar-refractivity contribution in [3.63, 3.8) is 0 Å². The van der Waals surface area contributed by atoms with Crippen LogP contribution >= 0.6 is 23.2 Å². The van der Waals surface area contributed by atoms with Gasteiger partial charge >= 0.3 is 5.69 Å². The number of aromatic nitrogens is 4. The minimum Gasteiger partial charge on any atom is -0.316 e. The average molecular weight is 464 g/mol. The Labute approximate surface area is 190 Å². The molecular formula is C22H27Cl2N5O2. The lowest BCUT2D eigenvalue weighted by Crippen LogP contribution is -2.39. The van der Waals surface area contributed by atoms with Gasteiger partial charge in [-0.2, -0.15) is 0 Å². The number of halogens is 2. The van der Waals surface area contributed by atoms with Crippen LogP contribution in [0.25, 0.3) is 11.2 Å². The largest absolute Gasteiger partial charge is 0.332 e. The number of hydrogen-bond acceptors (Lipinski definition) is 4.